The van der Waals surface area contributed by atoms with Gasteiger partial charge in [-0.1, -0.05) is 55.7 Å². The third-order valence-corrected chi connectivity index (χ3v) is 6.04. The van der Waals surface area contributed by atoms with Gasteiger partial charge in [0.15, 0.2) is 5.69 Å². The van der Waals surface area contributed by atoms with Crippen molar-refractivity contribution >= 4 is 17.9 Å². The number of aromatic nitrogens is 5. The Bertz CT molecular complexity index is 1100. The van der Waals surface area contributed by atoms with Crippen LogP contribution in [0.2, 0.25) is 0 Å². The van der Waals surface area contributed by atoms with Crippen LogP contribution in [-0.2, 0) is 13.0 Å². The molecular weight excluding hydrogens is 422 g/mol. The van der Waals surface area contributed by atoms with Crippen LogP contribution in [0.3, 0.4) is 0 Å². The number of benzene rings is 1. The van der Waals surface area contributed by atoms with Crippen molar-refractivity contribution in [1.29, 1.82) is 0 Å². The highest BCUT2D eigenvalue weighted by atomic mass is 16.6. The average Bonchev–Trinajstić information content (AvgIpc) is 3.45. The van der Waals surface area contributed by atoms with E-state index in [0.29, 0.717) is 18.3 Å². The summed E-state index contributed by atoms with van der Waals surface area (Å²) in [5, 5.41) is 19.7. The summed E-state index contributed by atoms with van der Waals surface area (Å²) in [5.74, 6) is -0.195. The molecule has 4 rings (SSSR count). The first-order chi connectivity index (χ1) is 16.1. The Morgan fingerprint density at radius 1 is 1.27 bits per heavy atom. The van der Waals surface area contributed by atoms with Crippen LogP contribution in [-0.4, -0.2) is 55.4 Å². The monoisotopic (exact) mass is 451 g/mol. The van der Waals surface area contributed by atoms with Gasteiger partial charge in [0.25, 0.3) is 5.91 Å². The predicted molar refractivity (Wildman–Crippen MR) is 123 cm³/mol. The molecular formula is C22H29N9O2. The highest BCUT2D eigenvalue weighted by molar-refractivity contribution is 5.94. The molecule has 1 aliphatic carbocycles. The van der Waals surface area contributed by atoms with Crippen LogP contribution >= 0.6 is 0 Å². The van der Waals surface area contributed by atoms with Gasteiger partial charge in [-0.25, -0.2) is 10.1 Å². The van der Waals surface area contributed by atoms with E-state index in [9.17, 15) is 4.79 Å². The minimum Gasteiger partial charge on any atom is -0.378 e. The van der Waals surface area contributed by atoms with Gasteiger partial charge in [-0.3, -0.25) is 9.69 Å². The van der Waals surface area contributed by atoms with Gasteiger partial charge in [0.2, 0.25) is 11.6 Å². The van der Waals surface area contributed by atoms with E-state index in [-0.39, 0.29) is 17.3 Å². The zero-order valence-electron chi connectivity index (χ0n) is 18.9. The molecule has 1 aliphatic rings. The van der Waals surface area contributed by atoms with Gasteiger partial charge < -0.3 is 5.73 Å². The molecule has 3 N–H and O–H groups in total. The number of aryl methyl sites for hydroxylation is 1. The van der Waals surface area contributed by atoms with Crippen molar-refractivity contribution in [3.05, 3.63) is 46.8 Å². The van der Waals surface area contributed by atoms with Gasteiger partial charge in [0, 0.05) is 12.6 Å². The molecule has 1 amide bonds. The fourth-order valence-electron chi connectivity index (χ4n) is 4.07. The summed E-state index contributed by atoms with van der Waals surface area (Å²) in [6.07, 6.45) is 8.46. The van der Waals surface area contributed by atoms with Crippen LogP contribution < -0.4 is 11.2 Å². The Hall–Kier alpha value is -3.60. The van der Waals surface area contributed by atoms with Crippen molar-refractivity contribution < 1.29 is 9.42 Å². The number of carbonyl (C=O) groups excluding carboxylic acids is 1. The lowest BCUT2D eigenvalue weighted by Crippen LogP contribution is -2.34. The topological polar surface area (TPSA) is 140 Å². The molecule has 0 saturated heterocycles. The van der Waals surface area contributed by atoms with E-state index in [0.717, 1.165) is 24.8 Å². The first kappa shape index (κ1) is 22.6. The molecule has 11 nitrogen and oxygen atoms in total. The molecule has 0 radical (unpaired) electrons. The van der Waals surface area contributed by atoms with E-state index in [4.69, 9.17) is 10.4 Å². The Labute approximate surface area is 192 Å². The normalized spacial score (nSPS) is 14.9. The molecule has 0 atom stereocenters. The molecule has 174 valence electrons. The smallest absolute Gasteiger partial charge is 0.293 e. The van der Waals surface area contributed by atoms with Crippen LogP contribution in [0.15, 0.2) is 34.0 Å². The molecule has 0 aliphatic heterocycles. The second kappa shape index (κ2) is 10.3. The van der Waals surface area contributed by atoms with Crippen molar-refractivity contribution in [1.82, 2.24) is 35.6 Å². The van der Waals surface area contributed by atoms with Gasteiger partial charge in [-0.15, -0.1) is 5.10 Å². The van der Waals surface area contributed by atoms with Crippen molar-refractivity contribution in [3.8, 4) is 5.82 Å². The second-order valence-electron chi connectivity index (χ2n) is 8.27. The molecule has 33 heavy (non-hydrogen) atoms. The van der Waals surface area contributed by atoms with E-state index in [1.807, 2.05) is 31.3 Å². The lowest BCUT2D eigenvalue weighted by atomic mass is 9.94. The number of nitrogens with two attached hydrogens (primary N) is 1. The van der Waals surface area contributed by atoms with Crippen molar-refractivity contribution in [2.24, 2.45) is 5.10 Å². The second-order valence-corrected chi connectivity index (χ2v) is 8.27. The van der Waals surface area contributed by atoms with E-state index in [1.54, 1.807) is 6.21 Å². The summed E-state index contributed by atoms with van der Waals surface area (Å²) in [4.78, 5) is 15.1. The summed E-state index contributed by atoms with van der Waals surface area (Å²) in [6, 6.07) is 8.40. The number of hydrazone groups is 1. The first-order valence-electron chi connectivity index (χ1n) is 11.2. The number of hydrogen-bond acceptors (Lipinski definition) is 9. The Morgan fingerprint density at radius 2 is 2.03 bits per heavy atom. The SMILES string of the molecule is CCc1ccc(C=NNC(=O)c2nnn(-c3nonc3N)c2CN(C)C2CCCCC2)cc1. The number of carbonyl (C=O) groups is 1. The van der Waals surface area contributed by atoms with Gasteiger partial charge >= 0.3 is 0 Å². The number of nitrogens with zero attached hydrogens (tertiary/aromatic N) is 7. The standard InChI is InChI=1S/C22H29N9O2/c1-3-15-9-11-16(12-10-15)13-24-26-22(32)19-18(14-30(2)17-7-5-4-6-8-17)31(29-25-19)21-20(23)27-33-28-21/h9-13,17H,3-8,14H2,1-2H3,(H2,23,27)(H,26,32). The zero-order valence-corrected chi connectivity index (χ0v) is 18.9. The van der Waals surface area contributed by atoms with Crippen LogP contribution in [0.1, 0.15) is 66.3 Å². The van der Waals surface area contributed by atoms with Crippen LogP contribution in [0.25, 0.3) is 5.82 Å². The van der Waals surface area contributed by atoms with Gasteiger partial charge in [-0.05, 0) is 47.8 Å². The molecule has 3 aromatic rings. The number of amides is 1. The van der Waals surface area contributed by atoms with E-state index in [2.05, 4.69) is 43.0 Å². The zero-order chi connectivity index (χ0) is 23.2. The van der Waals surface area contributed by atoms with Gasteiger partial charge in [0.05, 0.1) is 11.9 Å². The number of nitrogens with one attached hydrogen (secondary N) is 1. The molecule has 0 unspecified atom stereocenters. The fourth-order valence-corrected chi connectivity index (χ4v) is 4.07. The first-order valence-corrected chi connectivity index (χ1v) is 11.2. The number of anilines is 1. The number of hydrogen-bond donors (Lipinski definition) is 2. The summed E-state index contributed by atoms with van der Waals surface area (Å²) in [6.45, 7) is 2.54. The lowest BCUT2D eigenvalue weighted by molar-refractivity contribution is 0.0947. The van der Waals surface area contributed by atoms with Crippen LogP contribution in [0, 0.1) is 0 Å². The van der Waals surface area contributed by atoms with Gasteiger partial charge in [0.1, 0.15) is 0 Å². The molecule has 11 heteroatoms. The minimum atomic E-state index is -0.468. The molecule has 1 saturated carbocycles. The average molecular weight is 452 g/mol. The van der Waals surface area contributed by atoms with E-state index >= 15 is 0 Å². The number of nitrogen functional groups attached to an aromatic ring is 1. The third kappa shape index (κ3) is 5.25. The highest BCUT2D eigenvalue weighted by Crippen LogP contribution is 2.24. The van der Waals surface area contributed by atoms with E-state index < -0.39 is 5.91 Å². The van der Waals surface area contributed by atoms with E-state index in [1.165, 1.54) is 29.5 Å². The fraction of sp³-hybridized carbons (Fsp3) is 0.455. The predicted octanol–water partition coefficient (Wildman–Crippen LogP) is 2.32. The number of rotatable bonds is 8. The van der Waals surface area contributed by atoms with Crippen LogP contribution in [0.4, 0.5) is 5.82 Å². The van der Waals surface area contributed by atoms with Crippen LogP contribution in [0.5, 0.6) is 0 Å². The maximum Gasteiger partial charge on any atom is 0.293 e. The molecule has 1 aromatic carbocycles. The molecule has 0 spiro atoms. The highest BCUT2D eigenvalue weighted by Gasteiger charge is 2.27. The quantitative estimate of drug-likeness (QED) is 0.393. The van der Waals surface area contributed by atoms with Gasteiger partial charge in [-0.2, -0.15) is 9.78 Å². The molecule has 0 bridgehead atoms. The van der Waals surface area contributed by atoms with Crippen molar-refractivity contribution in [2.75, 3.05) is 12.8 Å². The Balaban J connectivity index is 1.54. The lowest BCUT2D eigenvalue weighted by Gasteiger charge is -2.31. The maximum atomic E-state index is 12.9. The molecule has 1 fully saturated rings. The minimum absolute atomic E-state index is 0.0713. The summed E-state index contributed by atoms with van der Waals surface area (Å²) in [7, 11) is 2.04. The molecule has 2 aromatic heterocycles. The third-order valence-electron chi connectivity index (χ3n) is 6.04. The summed E-state index contributed by atoms with van der Waals surface area (Å²) < 4.78 is 6.13. The summed E-state index contributed by atoms with van der Waals surface area (Å²) >= 11 is 0. The Kier molecular flexibility index (Phi) is 7.08. The maximum absolute atomic E-state index is 12.9. The molecule has 2 heterocycles. The van der Waals surface area contributed by atoms with Crippen molar-refractivity contribution in [3.63, 3.8) is 0 Å². The van der Waals surface area contributed by atoms with Crippen molar-refractivity contribution in [2.45, 2.75) is 58.0 Å². The summed E-state index contributed by atoms with van der Waals surface area (Å²) in [5.41, 5.74) is 11.2. The largest absolute Gasteiger partial charge is 0.378 e. The Morgan fingerprint density at radius 3 is 2.70 bits per heavy atom.